The third-order valence-electron chi connectivity index (χ3n) is 2.72. The lowest BCUT2D eigenvalue weighted by Crippen LogP contribution is -1.92. The van der Waals surface area contributed by atoms with Crippen molar-refractivity contribution in [2.75, 3.05) is 5.75 Å². The van der Waals surface area contributed by atoms with Gasteiger partial charge in [-0.25, -0.2) is 4.98 Å². The molecule has 20 heavy (non-hydrogen) atoms. The van der Waals surface area contributed by atoms with Crippen molar-refractivity contribution in [3.63, 3.8) is 0 Å². The molecule has 4 heteroatoms. The van der Waals surface area contributed by atoms with Crippen LogP contribution in [0, 0.1) is 22.7 Å². The molecule has 98 valence electrons. The smallest absolute Gasteiger partial charge is 0.115 e. The highest BCUT2D eigenvalue weighted by Crippen LogP contribution is 2.25. The Morgan fingerprint density at radius 1 is 1.05 bits per heavy atom. The Labute approximate surface area is 122 Å². The molecule has 1 aromatic carbocycles. The van der Waals surface area contributed by atoms with Gasteiger partial charge >= 0.3 is 0 Å². The summed E-state index contributed by atoms with van der Waals surface area (Å²) in [5.41, 5.74) is 2.50. The molecule has 0 fully saturated rings. The minimum absolute atomic E-state index is 0.535. The van der Waals surface area contributed by atoms with Crippen molar-refractivity contribution >= 4 is 11.8 Å². The van der Waals surface area contributed by atoms with Gasteiger partial charge in [-0.05, 0) is 18.6 Å². The number of pyridine rings is 1. The van der Waals surface area contributed by atoms with E-state index in [1.54, 1.807) is 0 Å². The van der Waals surface area contributed by atoms with Gasteiger partial charge in [0.15, 0.2) is 0 Å². The van der Waals surface area contributed by atoms with Crippen molar-refractivity contribution in [1.82, 2.24) is 4.98 Å². The first-order valence-corrected chi connectivity index (χ1v) is 7.30. The quantitative estimate of drug-likeness (QED) is 0.612. The highest BCUT2D eigenvalue weighted by atomic mass is 32.2. The zero-order valence-corrected chi connectivity index (χ0v) is 11.7. The molecule has 0 amide bonds. The van der Waals surface area contributed by atoms with Crippen molar-refractivity contribution < 1.29 is 0 Å². The van der Waals surface area contributed by atoms with Gasteiger partial charge in [-0.3, -0.25) is 0 Å². The normalized spacial score (nSPS) is 9.70. The predicted molar refractivity (Wildman–Crippen MR) is 80.0 cm³/mol. The Kier molecular flexibility index (Phi) is 5.17. The maximum absolute atomic E-state index is 9.13. The zero-order valence-electron chi connectivity index (χ0n) is 10.9. The van der Waals surface area contributed by atoms with Crippen LogP contribution in [0.25, 0.3) is 11.3 Å². The lowest BCUT2D eigenvalue weighted by Gasteiger charge is -2.06. The SMILES string of the molecule is N#CCCCSc1nc(-c2ccccc2)ccc1C#N. The van der Waals surface area contributed by atoms with Gasteiger partial charge in [0.1, 0.15) is 11.1 Å². The highest BCUT2D eigenvalue weighted by molar-refractivity contribution is 7.99. The van der Waals surface area contributed by atoms with E-state index in [4.69, 9.17) is 10.5 Å². The first kappa shape index (κ1) is 14.1. The lowest BCUT2D eigenvalue weighted by molar-refractivity contribution is 0.976. The van der Waals surface area contributed by atoms with E-state index in [2.05, 4.69) is 17.1 Å². The van der Waals surface area contributed by atoms with Crippen LogP contribution in [0.2, 0.25) is 0 Å². The van der Waals surface area contributed by atoms with Crippen LogP contribution in [0.5, 0.6) is 0 Å². The number of thioether (sulfide) groups is 1. The standard InChI is InChI=1S/C16H13N3S/c17-10-4-5-11-20-16-14(12-18)8-9-15(19-16)13-6-2-1-3-7-13/h1-3,6-9H,4-5,11H2. The van der Waals surface area contributed by atoms with Gasteiger partial charge in [-0.1, -0.05) is 30.3 Å². The molecule has 0 N–H and O–H groups in total. The largest absolute Gasteiger partial charge is 0.240 e. The first-order chi connectivity index (χ1) is 9.85. The zero-order chi connectivity index (χ0) is 14.2. The molecule has 0 saturated heterocycles. The Morgan fingerprint density at radius 3 is 2.55 bits per heavy atom. The number of benzene rings is 1. The molecule has 2 rings (SSSR count). The minimum atomic E-state index is 0.535. The maximum Gasteiger partial charge on any atom is 0.115 e. The molecule has 0 aliphatic heterocycles. The highest BCUT2D eigenvalue weighted by Gasteiger charge is 2.07. The fourth-order valence-electron chi connectivity index (χ4n) is 1.73. The summed E-state index contributed by atoms with van der Waals surface area (Å²) in [5, 5.41) is 18.4. The second-order valence-electron chi connectivity index (χ2n) is 4.14. The third-order valence-corrected chi connectivity index (χ3v) is 3.80. The fourth-order valence-corrected chi connectivity index (χ4v) is 2.64. The summed E-state index contributed by atoms with van der Waals surface area (Å²) in [6.45, 7) is 0. The second-order valence-corrected chi connectivity index (χ2v) is 5.22. The number of nitrogens with zero attached hydrogens (tertiary/aromatic N) is 3. The number of nitriles is 2. The van der Waals surface area contributed by atoms with Crippen molar-refractivity contribution in [3.05, 3.63) is 48.0 Å². The topological polar surface area (TPSA) is 60.5 Å². The van der Waals surface area contributed by atoms with Crippen molar-refractivity contribution in [2.24, 2.45) is 0 Å². The summed E-state index contributed by atoms with van der Waals surface area (Å²) in [4.78, 5) is 4.57. The van der Waals surface area contributed by atoms with Crippen molar-refractivity contribution in [1.29, 1.82) is 10.5 Å². The molecular weight excluding hydrogens is 266 g/mol. The Bertz CT molecular complexity index is 654. The number of hydrogen-bond donors (Lipinski definition) is 0. The number of hydrogen-bond acceptors (Lipinski definition) is 4. The summed E-state index contributed by atoms with van der Waals surface area (Å²) < 4.78 is 0. The van der Waals surface area contributed by atoms with E-state index in [1.165, 1.54) is 11.8 Å². The minimum Gasteiger partial charge on any atom is -0.240 e. The number of rotatable bonds is 5. The second kappa shape index (κ2) is 7.33. The van der Waals surface area contributed by atoms with E-state index in [1.807, 2.05) is 42.5 Å². The van der Waals surface area contributed by atoms with E-state index in [9.17, 15) is 0 Å². The molecule has 3 nitrogen and oxygen atoms in total. The molecule has 0 bridgehead atoms. The average Bonchev–Trinajstić information content (AvgIpc) is 2.52. The van der Waals surface area contributed by atoms with Gasteiger partial charge in [-0.2, -0.15) is 10.5 Å². The summed E-state index contributed by atoms with van der Waals surface area (Å²) in [7, 11) is 0. The summed E-state index contributed by atoms with van der Waals surface area (Å²) >= 11 is 1.54. The molecule has 0 aliphatic carbocycles. The first-order valence-electron chi connectivity index (χ1n) is 6.31. The molecule has 0 atom stereocenters. The molecule has 1 heterocycles. The van der Waals surface area contributed by atoms with Gasteiger partial charge in [0.2, 0.25) is 0 Å². The fraction of sp³-hybridized carbons (Fsp3) is 0.188. The van der Waals surface area contributed by atoms with E-state index in [0.717, 1.165) is 28.5 Å². The molecule has 0 saturated carbocycles. The molecule has 1 aromatic heterocycles. The van der Waals surface area contributed by atoms with E-state index in [0.29, 0.717) is 12.0 Å². The summed E-state index contributed by atoms with van der Waals surface area (Å²) in [6, 6.07) is 17.9. The van der Waals surface area contributed by atoms with Crippen LogP contribution in [-0.2, 0) is 0 Å². The van der Waals surface area contributed by atoms with Gasteiger partial charge in [0.25, 0.3) is 0 Å². The van der Waals surface area contributed by atoms with E-state index in [-0.39, 0.29) is 0 Å². The average molecular weight is 279 g/mol. The van der Waals surface area contributed by atoms with Gasteiger partial charge in [-0.15, -0.1) is 11.8 Å². The summed E-state index contributed by atoms with van der Waals surface area (Å²) in [6.07, 6.45) is 1.34. The van der Waals surface area contributed by atoms with Crippen LogP contribution in [-0.4, -0.2) is 10.7 Å². The number of aromatic nitrogens is 1. The molecule has 0 radical (unpaired) electrons. The monoisotopic (exact) mass is 279 g/mol. The Morgan fingerprint density at radius 2 is 1.85 bits per heavy atom. The third kappa shape index (κ3) is 3.60. The van der Waals surface area contributed by atoms with Crippen LogP contribution in [0.3, 0.4) is 0 Å². The van der Waals surface area contributed by atoms with Crippen molar-refractivity contribution in [3.8, 4) is 23.4 Å². The van der Waals surface area contributed by atoms with Crippen LogP contribution in [0.4, 0.5) is 0 Å². The molecule has 0 aliphatic rings. The maximum atomic E-state index is 9.13. The van der Waals surface area contributed by atoms with Gasteiger partial charge in [0.05, 0.1) is 17.3 Å². The van der Waals surface area contributed by atoms with E-state index >= 15 is 0 Å². The van der Waals surface area contributed by atoms with Crippen LogP contribution >= 0.6 is 11.8 Å². The van der Waals surface area contributed by atoms with E-state index < -0.39 is 0 Å². The molecule has 0 spiro atoms. The molecule has 0 unspecified atom stereocenters. The van der Waals surface area contributed by atoms with Gasteiger partial charge in [0, 0.05) is 17.7 Å². The summed E-state index contributed by atoms with van der Waals surface area (Å²) in [5.74, 6) is 0.799. The van der Waals surface area contributed by atoms with Crippen LogP contribution < -0.4 is 0 Å². The van der Waals surface area contributed by atoms with Crippen LogP contribution in [0.15, 0.2) is 47.5 Å². The Hall–Kier alpha value is -2.30. The Balaban J connectivity index is 2.21. The molecular formula is C16H13N3S. The van der Waals surface area contributed by atoms with Crippen molar-refractivity contribution in [2.45, 2.75) is 17.9 Å². The number of unbranched alkanes of at least 4 members (excludes halogenated alkanes) is 1. The van der Waals surface area contributed by atoms with Gasteiger partial charge < -0.3 is 0 Å². The lowest BCUT2D eigenvalue weighted by atomic mass is 10.1. The van der Waals surface area contributed by atoms with Crippen LogP contribution in [0.1, 0.15) is 18.4 Å². The predicted octanol–water partition coefficient (Wildman–Crippen LogP) is 4.02. The molecule has 2 aromatic rings.